The van der Waals surface area contributed by atoms with Crippen LogP contribution in [0.15, 0.2) is 60.0 Å². The lowest BCUT2D eigenvalue weighted by atomic mass is 9.96. The molecule has 0 aliphatic carbocycles. The zero-order valence-electron chi connectivity index (χ0n) is 10.9. The Balaban J connectivity index is 2.12. The molecule has 0 radical (unpaired) electrons. The van der Waals surface area contributed by atoms with Crippen LogP contribution in [0.5, 0.6) is 0 Å². The van der Waals surface area contributed by atoms with E-state index in [4.69, 9.17) is 0 Å². The molecule has 0 fully saturated rings. The van der Waals surface area contributed by atoms with Gasteiger partial charge in [0.1, 0.15) is 11.6 Å². The van der Waals surface area contributed by atoms with Gasteiger partial charge in [0.15, 0.2) is 0 Å². The molecule has 0 spiro atoms. The average molecular weight is 296 g/mol. The molecule has 0 atom stereocenters. The second-order valence-corrected chi connectivity index (χ2v) is 5.81. The molecule has 102 valence electrons. The predicted molar refractivity (Wildman–Crippen MR) is 84.7 cm³/mol. The summed E-state index contributed by atoms with van der Waals surface area (Å²) in [6.07, 6.45) is 0. The Hall–Kier alpha value is -2.26. The fraction of sp³-hybridized carbons (Fsp3) is 0. The lowest BCUT2D eigenvalue weighted by molar-refractivity contribution is 0.639. The number of hydrogen-bond donors (Lipinski definition) is 0. The van der Waals surface area contributed by atoms with Crippen LogP contribution < -0.4 is 0 Å². The van der Waals surface area contributed by atoms with Crippen LogP contribution in [0.1, 0.15) is 0 Å². The largest absolute Gasteiger partial charge is 0.206 e. The van der Waals surface area contributed by atoms with Crippen molar-refractivity contribution < 1.29 is 8.78 Å². The van der Waals surface area contributed by atoms with Crippen molar-refractivity contribution in [3.8, 4) is 11.1 Å². The molecule has 1 heterocycles. The van der Waals surface area contributed by atoms with Gasteiger partial charge in [-0.2, -0.15) is 0 Å². The summed E-state index contributed by atoms with van der Waals surface area (Å²) in [6.45, 7) is 0. The molecule has 1 aromatic heterocycles. The van der Waals surface area contributed by atoms with E-state index < -0.39 is 0 Å². The van der Waals surface area contributed by atoms with E-state index in [1.165, 1.54) is 23.5 Å². The normalized spacial score (nSPS) is 11.3. The molecular formula is C18H10F2S. The minimum Gasteiger partial charge on any atom is -0.206 e. The summed E-state index contributed by atoms with van der Waals surface area (Å²) in [5.74, 6) is -0.451. The predicted octanol–water partition coefficient (Wildman–Crippen LogP) is 6.00. The van der Waals surface area contributed by atoms with Gasteiger partial charge in [0.05, 0.1) is 4.70 Å². The highest BCUT2D eigenvalue weighted by atomic mass is 32.1. The van der Waals surface area contributed by atoms with Gasteiger partial charge in [-0.15, -0.1) is 11.3 Å². The van der Waals surface area contributed by atoms with E-state index >= 15 is 0 Å². The second kappa shape index (κ2) is 4.64. The number of benzene rings is 3. The van der Waals surface area contributed by atoms with Gasteiger partial charge in [-0.25, -0.2) is 8.78 Å². The van der Waals surface area contributed by atoms with Crippen molar-refractivity contribution in [3.63, 3.8) is 0 Å². The molecule has 4 aromatic rings. The Kier molecular flexibility index (Phi) is 2.76. The SMILES string of the molecule is Fc1ccc(-c2ccc(F)c3sccc23)c2ccccc12. The summed E-state index contributed by atoms with van der Waals surface area (Å²) in [7, 11) is 0. The molecule has 0 aliphatic heterocycles. The van der Waals surface area contributed by atoms with Gasteiger partial charge in [0.25, 0.3) is 0 Å². The Morgan fingerprint density at radius 1 is 0.619 bits per heavy atom. The van der Waals surface area contributed by atoms with Crippen LogP contribution in [-0.4, -0.2) is 0 Å². The second-order valence-electron chi connectivity index (χ2n) is 4.90. The quantitative estimate of drug-likeness (QED) is 0.404. The third-order valence-electron chi connectivity index (χ3n) is 3.73. The van der Waals surface area contributed by atoms with Crippen molar-refractivity contribution in [1.29, 1.82) is 0 Å². The Morgan fingerprint density at radius 3 is 2.10 bits per heavy atom. The van der Waals surface area contributed by atoms with Gasteiger partial charge in [-0.05, 0) is 40.1 Å². The van der Waals surface area contributed by atoms with Crippen molar-refractivity contribution in [3.05, 3.63) is 71.6 Å². The summed E-state index contributed by atoms with van der Waals surface area (Å²) >= 11 is 1.38. The minimum absolute atomic E-state index is 0.213. The number of halogens is 2. The molecular weight excluding hydrogens is 286 g/mol. The lowest BCUT2D eigenvalue weighted by Gasteiger charge is -2.09. The van der Waals surface area contributed by atoms with Gasteiger partial charge in [0, 0.05) is 10.8 Å². The maximum Gasteiger partial charge on any atom is 0.141 e. The van der Waals surface area contributed by atoms with Crippen LogP contribution in [0.3, 0.4) is 0 Å². The fourth-order valence-electron chi connectivity index (χ4n) is 2.76. The van der Waals surface area contributed by atoms with E-state index in [0.29, 0.717) is 10.1 Å². The first-order valence-corrected chi connectivity index (χ1v) is 7.47. The van der Waals surface area contributed by atoms with Crippen molar-refractivity contribution in [2.75, 3.05) is 0 Å². The smallest absolute Gasteiger partial charge is 0.141 e. The highest BCUT2D eigenvalue weighted by Gasteiger charge is 2.12. The third-order valence-corrected chi connectivity index (χ3v) is 4.65. The summed E-state index contributed by atoms with van der Waals surface area (Å²) in [5, 5.41) is 4.18. The zero-order valence-corrected chi connectivity index (χ0v) is 11.8. The minimum atomic E-state index is -0.238. The van der Waals surface area contributed by atoms with E-state index in [1.54, 1.807) is 18.2 Å². The molecule has 0 unspecified atom stereocenters. The van der Waals surface area contributed by atoms with Crippen LogP contribution in [0.25, 0.3) is 32.0 Å². The average Bonchev–Trinajstić information content (AvgIpc) is 3.00. The van der Waals surface area contributed by atoms with Gasteiger partial charge in [-0.1, -0.05) is 36.4 Å². The molecule has 21 heavy (non-hydrogen) atoms. The first-order valence-electron chi connectivity index (χ1n) is 6.59. The Morgan fingerprint density at radius 2 is 1.29 bits per heavy atom. The molecule has 0 bridgehead atoms. The van der Waals surface area contributed by atoms with Crippen LogP contribution in [-0.2, 0) is 0 Å². The molecule has 3 aromatic carbocycles. The van der Waals surface area contributed by atoms with Crippen molar-refractivity contribution in [2.45, 2.75) is 0 Å². The lowest BCUT2D eigenvalue weighted by Crippen LogP contribution is -1.86. The van der Waals surface area contributed by atoms with Gasteiger partial charge >= 0.3 is 0 Å². The summed E-state index contributed by atoms with van der Waals surface area (Å²) in [4.78, 5) is 0. The van der Waals surface area contributed by atoms with Crippen molar-refractivity contribution >= 4 is 32.2 Å². The fourth-order valence-corrected chi connectivity index (χ4v) is 3.59. The Bertz CT molecular complexity index is 969. The molecule has 0 saturated heterocycles. The molecule has 4 rings (SSSR count). The number of thiophene rings is 1. The topological polar surface area (TPSA) is 0 Å². The van der Waals surface area contributed by atoms with Crippen molar-refractivity contribution in [1.82, 2.24) is 0 Å². The third kappa shape index (κ3) is 1.85. The maximum atomic E-state index is 13.9. The van der Waals surface area contributed by atoms with Gasteiger partial charge in [-0.3, -0.25) is 0 Å². The van der Waals surface area contributed by atoms with E-state index in [-0.39, 0.29) is 11.6 Å². The molecule has 0 saturated carbocycles. The first-order chi connectivity index (χ1) is 10.3. The van der Waals surface area contributed by atoms with E-state index in [1.807, 2.05) is 29.6 Å². The Labute approximate surface area is 124 Å². The van der Waals surface area contributed by atoms with E-state index in [9.17, 15) is 8.78 Å². The van der Waals surface area contributed by atoms with E-state index in [0.717, 1.165) is 21.9 Å². The highest BCUT2D eigenvalue weighted by Crippen LogP contribution is 2.37. The van der Waals surface area contributed by atoms with Crippen LogP contribution >= 0.6 is 11.3 Å². The number of rotatable bonds is 1. The molecule has 0 amide bonds. The van der Waals surface area contributed by atoms with Crippen molar-refractivity contribution in [2.24, 2.45) is 0 Å². The number of hydrogen-bond acceptors (Lipinski definition) is 1. The molecule has 3 heteroatoms. The summed E-state index contributed by atoms with van der Waals surface area (Å²) in [6, 6.07) is 15.8. The number of fused-ring (bicyclic) bond motifs is 2. The zero-order chi connectivity index (χ0) is 14.4. The monoisotopic (exact) mass is 296 g/mol. The summed E-state index contributed by atoms with van der Waals surface area (Å²) < 4.78 is 28.4. The molecule has 0 N–H and O–H groups in total. The maximum absolute atomic E-state index is 13.9. The first kappa shape index (κ1) is 12.5. The molecule has 0 nitrogen and oxygen atoms in total. The molecule has 0 aliphatic rings. The van der Waals surface area contributed by atoms with Crippen LogP contribution in [0.2, 0.25) is 0 Å². The van der Waals surface area contributed by atoms with Gasteiger partial charge in [0.2, 0.25) is 0 Å². The highest BCUT2D eigenvalue weighted by molar-refractivity contribution is 7.17. The standard InChI is InChI=1S/C18H10F2S/c19-16-7-5-12(11-3-1-2-4-14(11)16)13-6-8-17(20)18-15(13)9-10-21-18/h1-10H. The van der Waals surface area contributed by atoms with Crippen LogP contribution in [0.4, 0.5) is 8.78 Å². The van der Waals surface area contributed by atoms with Gasteiger partial charge < -0.3 is 0 Å². The summed E-state index contributed by atoms with van der Waals surface area (Å²) in [5.41, 5.74) is 1.86. The van der Waals surface area contributed by atoms with E-state index in [2.05, 4.69) is 0 Å². The van der Waals surface area contributed by atoms with Crippen LogP contribution in [0, 0.1) is 11.6 Å².